The Morgan fingerprint density at radius 3 is 1.14 bits per heavy atom. The van der Waals surface area contributed by atoms with Crippen molar-refractivity contribution in [1.29, 1.82) is 0 Å². The van der Waals surface area contributed by atoms with Gasteiger partial charge in [-0.2, -0.15) is 0 Å². The molecule has 2 heteroatoms. The molecule has 0 aliphatic rings. The van der Waals surface area contributed by atoms with Gasteiger partial charge in [0.15, 0.2) is 0 Å². The van der Waals surface area contributed by atoms with Gasteiger partial charge in [-0.15, -0.1) is 0 Å². The van der Waals surface area contributed by atoms with Crippen LogP contribution in [0.1, 0.15) is 27.7 Å². The largest absolute Gasteiger partial charge is 0.515 e. The van der Waals surface area contributed by atoms with Gasteiger partial charge in [0.2, 0.25) is 0 Å². The molecule has 0 rings (SSSR count). The molecule has 0 unspecified atom stereocenters. The predicted molar refractivity (Wildman–Crippen MR) is 96.8 cm³/mol. The third-order valence-corrected chi connectivity index (χ3v) is 2.67. The third-order valence-electron chi connectivity index (χ3n) is 2.67. The van der Waals surface area contributed by atoms with Crippen molar-refractivity contribution >= 4 is 0 Å². The molecule has 0 spiro atoms. The normalized spacial score (nSPS) is 16.0. The first-order valence-electron chi connectivity index (χ1n) is 7.16. The number of allylic oxidation sites excluding steroid dienone is 14. The van der Waals surface area contributed by atoms with E-state index >= 15 is 0 Å². The molecule has 0 saturated carbocycles. The smallest absolute Gasteiger partial charge is 0.0820 e. The van der Waals surface area contributed by atoms with Gasteiger partial charge in [-0.05, 0) is 38.8 Å². The van der Waals surface area contributed by atoms with Crippen molar-refractivity contribution in [3.8, 4) is 0 Å². The van der Waals surface area contributed by atoms with E-state index < -0.39 is 0 Å². The van der Waals surface area contributed by atoms with Crippen molar-refractivity contribution in [1.82, 2.24) is 0 Å². The number of aliphatic hydroxyl groups is 2. The van der Waals surface area contributed by atoms with Crippen molar-refractivity contribution in [2.45, 2.75) is 27.7 Å². The summed E-state index contributed by atoms with van der Waals surface area (Å²) >= 11 is 0. The Balaban J connectivity index is 4.47. The summed E-state index contributed by atoms with van der Waals surface area (Å²) in [5, 5.41) is 17.5. The lowest BCUT2D eigenvalue weighted by atomic mass is 10.2. The molecule has 0 amide bonds. The van der Waals surface area contributed by atoms with Gasteiger partial charge in [0.05, 0.1) is 12.5 Å². The van der Waals surface area contributed by atoms with Gasteiger partial charge in [0.25, 0.3) is 0 Å². The van der Waals surface area contributed by atoms with Crippen LogP contribution in [-0.4, -0.2) is 10.2 Å². The second-order valence-corrected chi connectivity index (χ2v) is 5.00. The van der Waals surface area contributed by atoms with Crippen LogP contribution < -0.4 is 0 Å². The maximum absolute atomic E-state index is 8.75. The number of rotatable bonds is 7. The monoisotopic (exact) mass is 298 g/mol. The van der Waals surface area contributed by atoms with Gasteiger partial charge in [0.1, 0.15) is 0 Å². The van der Waals surface area contributed by atoms with Crippen LogP contribution in [0, 0.1) is 0 Å². The molecule has 0 radical (unpaired) electrons. The quantitative estimate of drug-likeness (QED) is 0.445. The van der Waals surface area contributed by atoms with Crippen LogP contribution in [0.3, 0.4) is 0 Å². The standard InChI is InChI=1S/C20H26O2/c1-17(11-7-13-19(3)15-21)9-5-6-10-18(2)12-8-14-20(4)16-22/h5-16,21-22H,1-4H3/b9-5+,10-6+,13-7+,14-8+,17-11+,18-12+,19-15+,20-16+. The highest BCUT2D eigenvalue weighted by atomic mass is 16.2. The molecular formula is C20H26O2. The lowest BCUT2D eigenvalue weighted by Crippen LogP contribution is -1.69. The van der Waals surface area contributed by atoms with Crippen molar-refractivity contribution in [2.75, 3.05) is 0 Å². The minimum absolute atomic E-state index is 0.813. The third kappa shape index (κ3) is 11.4. The Bertz CT molecular complexity index is 511. The Morgan fingerprint density at radius 1 is 0.500 bits per heavy atom. The first-order chi connectivity index (χ1) is 10.5. The molecule has 0 atom stereocenters. The van der Waals surface area contributed by atoms with Crippen LogP contribution >= 0.6 is 0 Å². The van der Waals surface area contributed by atoms with Crippen molar-refractivity contribution in [3.05, 3.63) is 95.6 Å². The van der Waals surface area contributed by atoms with Gasteiger partial charge < -0.3 is 10.2 Å². The molecule has 2 N–H and O–H groups in total. The van der Waals surface area contributed by atoms with E-state index in [0.29, 0.717) is 0 Å². The molecule has 0 aliphatic heterocycles. The van der Waals surface area contributed by atoms with Gasteiger partial charge in [-0.3, -0.25) is 0 Å². The molecule has 0 aromatic carbocycles. The van der Waals surface area contributed by atoms with E-state index in [-0.39, 0.29) is 0 Å². The highest BCUT2D eigenvalue weighted by Crippen LogP contribution is 2.01. The zero-order valence-electron chi connectivity index (χ0n) is 13.8. The van der Waals surface area contributed by atoms with Gasteiger partial charge in [-0.1, -0.05) is 71.9 Å². The molecular weight excluding hydrogens is 272 g/mol. The summed E-state index contributed by atoms with van der Waals surface area (Å²) in [7, 11) is 0. The van der Waals surface area contributed by atoms with E-state index in [1.54, 1.807) is 0 Å². The van der Waals surface area contributed by atoms with E-state index in [0.717, 1.165) is 34.8 Å². The highest BCUT2D eigenvalue weighted by molar-refractivity contribution is 5.30. The van der Waals surface area contributed by atoms with Crippen molar-refractivity contribution < 1.29 is 10.2 Å². The SMILES string of the molecule is CC(/C=C/C=C(C)/C=C/C=C/C(C)=C/C=C/C(C)=C/O)=C\O. The average Bonchev–Trinajstić information content (AvgIpc) is 2.51. The van der Waals surface area contributed by atoms with Gasteiger partial charge >= 0.3 is 0 Å². The van der Waals surface area contributed by atoms with E-state index in [1.165, 1.54) is 0 Å². The van der Waals surface area contributed by atoms with E-state index in [4.69, 9.17) is 10.2 Å². The summed E-state index contributed by atoms with van der Waals surface area (Å²) in [4.78, 5) is 0. The molecule has 2 nitrogen and oxygen atoms in total. The lowest BCUT2D eigenvalue weighted by Gasteiger charge is -1.90. The number of hydrogen-bond acceptors (Lipinski definition) is 2. The zero-order valence-corrected chi connectivity index (χ0v) is 13.8. The Morgan fingerprint density at radius 2 is 0.818 bits per heavy atom. The summed E-state index contributed by atoms with van der Waals surface area (Å²) in [5.41, 5.74) is 3.87. The molecule has 0 aromatic heterocycles. The van der Waals surface area contributed by atoms with Crippen LogP contribution in [0.5, 0.6) is 0 Å². The molecule has 0 heterocycles. The molecule has 22 heavy (non-hydrogen) atoms. The maximum atomic E-state index is 8.75. The fourth-order valence-corrected chi connectivity index (χ4v) is 1.32. The molecule has 0 aromatic rings. The first-order valence-corrected chi connectivity index (χ1v) is 7.16. The fraction of sp³-hybridized carbons (Fsp3) is 0.200. The van der Waals surface area contributed by atoms with E-state index in [1.807, 2.05) is 88.5 Å². The molecule has 0 aliphatic carbocycles. The second kappa shape index (κ2) is 12.3. The number of hydrogen-bond donors (Lipinski definition) is 2. The van der Waals surface area contributed by atoms with Gasteiger partial charge in [0, 0.05) is 0 Å². The topological polar surface area (TPSA) is 40.5 Å². The lowest BCUT2D eigenvalue weighted by molar-refractivity contribution is 0.469. The minimum atomic E-state index is 0.813. The first kappa shape index (κ1) is 19.5. The second-order valence-electron chi connectivity index (χ2n) is 5.00. The number of aliphatic hydroxyl groups excluding tert-OH is 2. The zero-order chi connectivity index (χ0) is 16.8. The summed E-state index contributed by atoms with van der Waals surface area (Å²) in [6.07, 6.45) is 21.6. The Hall–Kier alpha value is -2.48. The fourth-order valence-electron chi connectivity index (χ4n) is 1.32. The van der Waals surface area contributed by atoms with Crippen LogP contribution in [-0.2, 0) is 0 Å². The summed E-state index contributed by atoms with van der Waals surface area (Å²) in [6.45, 7) is 7.70. The minimum Gasteiger partial charge on any atom is -0.515 e. The summed E-state index contributed by atoms with van der Waals surface area (Å²) in [5.74, 6) is 0. The molecule has 118 valence electrons. The van der Waals surface area contributed by atoms with Crippen molar-refractivity contribution in [3.63, 3.8) is 0 Å². The molecule has 0 fully saturated rings. The molecule has 0 bridgehead atoms. The summed E-state index contributed by atoms with van der Waals surface area (Å²) in [6, 6.07) is 0. The summed E-state index contributed by atoms with van der Waals surface area (Å²) < 4.78 is 0. The Labute approximate surface area is 134 Å². The van der Waals surface area contributed by atoms with Crippen LogP contribution in [0.25, 0.3) is 0 Å². The van der Waals surface area contributed by atoms with Crippen molar-refractivity contribution in [2.24, 2.45) is 0 Å². The van der Waals surface area contributed by atoms with E-state index in [2.05, 4.69) is 0 Å². The van der Waals surface area contributed by atoms with Crippen LogP contribution in [0.4, 0.5) is 0 Å². The van der Waals surface area contributed by atoms with E-state index in [9.17, 15) is 0 Å². The maximum Gasteiger partial charge on any atom is 0.0820 e. The van der Waals surface area contributed by atoms with Gasteiger partial charge in [-0.25, -0.2) is 0 Å². The Kier molecular flexibility index (Phi) is 10.9. The van der Waals surface area contributed by atoms with Crippen LogP contribution in [0.2, 0.25) is 0 Å². The predicted octanol–water partition coefficient (Wildman–Crippen LogP) is 6.03. The molecule has 0 saturated heterocycles. The highest BCUT2D eigenvalue weighted by Gasteiger charge is 1.81. The average molecular weight is 298 g/mol. The van der Waals surface area contributed by atoms with Crippen LogP contribution in [0.15, 0.2) is 95.6 Å².